The summed E-state index contributed by atoms with van der Waals surface area (Å²) < 4.78 is 3.33. The molecule has 0 bridgehead atoms. The Hall–Kier alpha value is -4.01. The highest BCUT2D eigenvalue weighted by molar-refractivity contribution is 7.80. The van der Waals surface area contributed by atoms with Crippen LogP contribution >= 0.6 is 12.2 Å². The van der Waals surface area contributed by atoms with Gasteiger partial charge in [-0.05, 0) is 36.8 Å². The van der Waals surface area contributed by atoms with Crippen LogP contribution in [0.4, 0.5) is 5.69 Å². The standard InChI is InChI=1S/C26H25N5O2S/c1-18-22(25(33)31(30(18)2)21-16-10-5-11-17-21)27-26(34)29-28-23(19-12-6-3-7-13-19)24(32)20-14-8-4-9-15-20/h3-17,24,32H,1-2H3,(H2,27,29,34)/b28-23-/t24-/m0/s1. The van der Waals surface area contributed by atoms with Crippen molar-refractivity contribution >= 4 is 28.7 Å². The van der Waals surface area contributed by atoms with E-state index in [2.05, 4.69) is 15.8 Å². The minimum atomic E-state index is -0.965. The molecule has 34 heavy (non-hydrogen) atoms. The van der Waals surface area contributed by atoms with Gasteiger partial charge in [0, 0.05) is 12.6 Å². The van der Waals surface area contributed by atoms with Crippen molar-refractivity contribution in [3.63, 3.8) is 0 Å². The summed E-state index contributed by atoms with van der Waals surface area (Å²) in [4.78, 5) is 13.1. The molecule has 1 heterocycles. The first-order valence-electron chi connectivity index (χ1n) is 10.7. The number of aromatic nitrogens is 2. The van der Waals surface area contributed by atoms with Gasteiger partial charge in [0.05, 0.1) is 11.4 Å². The summed E-state index contributed by atoms with van der Waals surface area (Å²) >= 11 is 5.43. The number of para-hydroxylation sites is 1. The first-order chi connectivity index (χ1) is 16.5. The van der Waals surface area contributed by atoms with Gasteiger partial charge in [0.2, 0.25) is 0 Å². The highest BCUT2D eigenvalue weighted by atomic mass is 32.1. The molecule has 0 unspecified atom stereocenters. The predicted molar refractivity (Wildman–Crippen MR) is 139 cm³/mol. The maximum atomic E-state index is 13.1. The van der Waals surface area contributed by atoms with Crippen LogP contribution in [0.3, 0.4) is 0 Å². The van der Waals surface area contributed by atoms with E-state index in [1.165, 1.54) is 0 Å². The number of aliphatic hydroxyl groups is 1. The zero-order valence-corrected chi connectivity index (χ0v) is 19.7. The van der Waals surface area contributed by atoms with Crippen LogP contribution in [0.2, 0.25) is 0 Å². The molecular weight excluding hydrogens is 446 g/mol. The largest absolute Gasteiger partial charge is 0.382 e. The van der Waals surface area contributed by atoms with Crippen LogP contribution in [0.5, 0.6) is 0 Å². The summed E-state index contributed by atoms with van der Waals surface area (Å²) in [7, 11) is 1.81. The van der Waals surface area contributed by atoms with Crippen LogP contribution in [0.1, 0.15) is 22.9 Å². The van der Waals surface area contributed by atoms with E-state index in [-0.39, 0.29) is 10.7 Å². The number of aliphatic hydroxyl groups excluding tert-OH is 1. The number of hydrogen-bond acceptors (Lipinski definition) is 4. The Labute approximate surface area is 203 Å². The molecule has 0 fully saturated rings. The van der Waals surface area contributed by atoms with E-state index >= 15 is 0 Å². The monoisotopic (exact) mass is 471 g/mol. The Kier molecular flexibility index (Phi) is 7.01. The highest BCUT2D eigenvalue weighted by Gasteiger charge is 2.19. The Bertz CT molecular complexity index is 1360. The molecule has 4 aromatic rings. The van der Waals surface area contributed by atoms with Gasteiger partial charge in [-0.25, -0.2) is 4.68 Å². The summed E-state index contributed by atoms with van der Waals surface area (Å²) in [6, 6.07) is 28.0. The van der Waals surface area contributed by atoms with E-state index in [0.29, 0.717) is 17.0 Å². The molecule has 0 radical (unpaired) electrons. The molecule has 1 atom stereocenters. The third kappa shape index (κ3) is 4.83. The van der Waals surface area contributed by atoms with E-state index in [1.54, 1.807) is 9.36 Å². The van der Waals surface area contributed by atoms with Crippen LogP contribution < -0.4 is 16.3 Å². The zero-order chi connectivity index (χ0) is 24.1. The number of anilines is 1. The van der Waals surface area contributed by atoms with E-state index in [4.69, 9.17) is 12.2 Å². The molecule has 0 saturated carbocycles. The zero-order valence-electron chi connectivity index (χ0n) is 18.8. The van der Waals surface area contributed by atoms with E-state index < -0.39 is 6.10 Å². The molecule has 0 aliphatic carbocycles. The Morgan fingerprint density at radius 1 is 0.941 bits per heavy atom. The number of hydrogen-bond donors (Lipinski definition) is 3. The lowest BCUT2D eigenvalue weighted by molar-refractivity contribution is 0.247. The van der Waals surface area contributed by atoms with Gasteiger partial charge in [0.25, 0.3) is 5.56 Å². The van der Waals surface area contributed by atoms with Gasteiger partial charge < -0.3 is 10.4 Å². The Morgan fingerprint density at radius 2 is 1.50 bits per heavy atom. The van der Waals surface area contributed by atoms with Crippen molar-refractivity contribution in [2.75, 3.05) is 5.32 Å². The fourth-order valence-corrected chi connectivity index (χ4v) is 3.80. The molecule has 8 heteroatoms. The molecule has 3 aromatic carbocycles. The summed E-state index contributed by atoms with van der Waals surface area (Å²) in [6.45, 7) is 1.84. The van der Waals surface area contributed by atoms with Gasteiger partial charge in [-0.15, -0.1) is 0 Å². The SMILES string of the molecule is Cc1c(NC(=S)N/N=C(/c2ccccc2)[C@@H](O)c2ccccc2)c(=O)n(-c2ccccc2)n1C. The summed E-state index contributed by atoms with van der Waals surface area (Å²) in [6.07, 6.45) is -0.965. The maximum absolute atomic E-state index is 13.1. The van der Waals surface area contributed by atoms with Gasteiger partial charge in [-0.2, -0.15) is 5.10 Å². The van der Waals surface area contributed by atoms with Crippen molar-refractivity contribution in [2.45, 2.75) is 13.0 Å². The third-order valence-electron chi connectivity index (χ3n) is 5.51. The lowest BCUT2D eigenvalue weighted by atomic mass is 9.99. The van der Waals surface area contributed by atoms with Crippen molar-refractivity contribution in [1.82, 2.24) is 14.8 Å². The van der Waals surface area contributed by atoms with E-state index in [0.717, 1.165) is 16.9 Å². The summed E-state index contributed by atoms with van der Waals surface area (Å²) in [5.74, 6) is 0. The van der Waals surface area contributed by atoms with Crippen LogP contribution in [0, 0.1) is 6.92 Å². The highest BCUT2D eigenvalue weighted by Crippen LogP contribution is 2.19. The lowest BCUT2D eigenvalue weighted by Crippen LogP contribution is -2.29. The quantitative estimate of drug-likeness (QED) is 0.226. The number of thiocarbonyl (C=S) groups is 1. The third-order valence-corrected chi connectivity index (χ3v) is 5.71. The molecule has 0 spiro atoms. The van der Waals surface area contributed by atoms with Gasteiger partial charge >= 0.3 is 0 Å². The lowest BCUT2D eigenvalue weighted by Gasteiger charge is -2.15. The molecule has 4 rings (SSSR count). The van der Waals surface area contributed by atoms with Crippen molar-refractivity contribution in [2.24, 2.45) is 12.1 Å². The Balaban J connectivity index is 1.60. The number of nitrogens with one attached hydrogen (secondary N) is 2. The second-order valence-electron chi connectivity index (χ2n) is 7.68. The smallest absolute Gasteiger partial charge is 0.295 e. The predicted octanol–water partition coefficient (Wildman–Crippen LogP) is 3.91. The van der Waals surface area contributed by atoms with Crippen LogP contribution in [0.25, 0.3) is 5.69 Å². The fraction of sp³-hybridized carbons (Fsp3) is 0.115. The normalized spacial score (nSPS) is 12.3. The summed E-state index contributed by atoms with van der Waals surface area (Å²) in [5.41, 5.74) is 6.24. The van der Waals surface area contributed by atoms with E-state index in [1.807, 2.05) is 105 Å². The van der Waals surface area contributed by atoms with E-state index in [9.17, 15) is 9.90 Å². The number of benzene rings is 3. The first-order valence-corrected chi connectivity index (χ1v) is 11.1. The molecule has 3 N–H and O–H groups in total. The average molecular weight is 472 g/mol. The van der Waals surface area contributed by atoms with Gasteiger partial charge in [-0.3, -0.25) is 14.9 Å². The Morgan fingerprint density at radius 3 is 2.12 bits per heavy atom. The van der Waals surface area contributed by atoms with Crippen molar-refractivity contribution in [1.29, 1.82) is 0 Å². The molecule has 1 aromatic heterocycles. The van der Waals surface area contributed by atoms with Crippen LogP contribution in [-0.4, -0.2) is 25.3 Å². The summed E-state index contributed by atoms with van der Waals surface area (Å²) in [5, 5.41) is 18.5. The molecule has 0 saturated heterocycles. The fourth-order valence-electron chi connectivity index (χ4n) is 3.65. The molecule has 7 nitrogen and oxygen atoms in total. The minimum Gasteiger partial charge on any atom is -0.382 e. The van der Waals surface area contributed by atoms with Crippen LogP contribution in [-0.2, 0) is 7.05 Å². The maximum Gasteiger partial charge on any atom is 0.295 e. The average Bonchev–Trinajstić information content (AvgIpc) is 3.08. The molecule has 0 aliphatic rings. The minimum absolute atomic E-state index is 0.139. The van der Waals surface area contributed by atoms with Crippen molar-refractivity contribution in [3.8, 4) is 5.69 Å². The van der Waals surface area contributed by atoms with Crippen molar-refractivity contribution < 1.29 is 5.11 Å². The molecular formula is C26H25N5O2S. The van der Waals surface area contributed by atoms with Gasteiger partial charge in [-0.1, -0.05) is 78.9 Å². The number of hydrazone groups is 1. The van der Waals surface area contributed by atoms with Gasteiger partial charge in [0.15, 0.2) is 5.11 Å². The number of nitrogens with zero attached hydrogens (tertiary/aromatic N) is 3. The molecule has 0 aliphatic heterocycles. The van der Waals surface area contributed by atoms with Crippen LogP contribution in [0.15, 0.2) is 101 Å². The topological polar surface area (TPSA) is 83.6 Å². The van der Waals surface area contributed by atoms with Gasteiger partial charge in [0.1, 0.15) is 17.5 Å². The molecule has 172 valence electrons. The first kappa shape index (κ1) is 23.2. The number of rotatable bonds is 6. The molecule has 0 amide bonds. The second-order valence-corrected chi connectivity index (χ2v) is 8.09. The van der Waals surface area contributed by atoms with Crippen molar-refractivity contribution in [3.05, 3.63) is 118 Å². The second kappa shape index (κ2) is 10.3.